The number of H-pyrrole nitrogens is 1. The fourth-order valence-electron chi connectivity index (χ4n) is 0.942. The van der Waals surface area contributed by atoms with Gasteiger partial charge in [0.1, 0.15) is 5.52 Å². The van der Waals surface area contributed by atoms with Crippen LogP contribution < -0.4 is 0 Å². The summed E-state index contributed by atoms with van der Waals surface area (Å²) in [6.07, 6.45) is 1.64. The van der Waals surface area contributed by atoms with Crippen LogP contribution in [0.3, 0.4) is 0 Å². The molecule has 0 bridgehead atoms. The smallest absolute Gasteiger partial charge is 0.204 e. The number of aromatic nitrogens is 2. The van der Waals surface area contributed by atoms with E-state index in [1.165, 1.54) is 6.07 Å². The number of hydrogen-bond donors (Lipinski definition) is 1. The summed E-state index contributed by atoms with van der Waals surface area (Å²) in [6.45, 7) is 0. The van der Waals surface area contributed by atoms with Crippen LogP contribution >= 0.6 is 0 Å². The minimum absolute atomic E-state index is 0.00463. The average Bonchev–Trinajstić information content (AvgIpc) is 2.36. The summed E-state index contributed by atoms with van der Waals surface area (Å²) < 4.78 is 0. The third-order valence-electron chi connectivity index (χ3n) is 1.44. The molecule has 1 N–H and O–H groups in total. The minimum atomic E-state index is -0.00463. The number of aromatic amines is 1. The van der Waals surface area contributed by atoms with Crippen molar-refractivity contribution in [2.75, 3.05) is 0 Å². The standard InChI is InChI=1S/C7H5N2O/c10-6-3-1-2-5-4-8-9-7(5)6/h1-4H,(H,8,9). The molecule has 2 aromatic rings. The Balaban J connectivity index is 2.95. The summed E-state index contributed by atoms with van der Waals surface area (Å²) in [7, 11) is 0. The summed E-state index contributed by atoms with van der Waals surface area (Å²) in [5, 5.41) is 18.2. The molecule has 10 heavy (non-hydrogen) atoms. The molecule has 1 radical (unpaired) electrons. The first-order valence-corrected chi connectivity index (χ1v) is 2.97. The van der Waals surface area contributed by atoms with Crippen LogP contribution in [0, 0.1) is 0 Å². The molecule has 0 aliphatic carbocycles. The lowest BCUT2D eigenvalue weighted by Gasteiger charge is -1.86. The Kier molecular flexibility index (Phi) is 0.917. The summed E-state index contributed by atoms with van der Waals surface area (Å²) in [5.74, 6) is -0.00463. The van der Waals surface area contributed by atoms with Gasteiger partial charge in [0.25, 0.3) is 0 Å². The molecule has 0 spiro atoms. The van der Waals surface area contributed by atoms with Crippen molar-refractivity contribution >= 4 is 10.9 Å². The van der Waals surface area contributed by atoms with E-state index in [2.05, 4.69) is 10.2 Å². The van der Waals surface area contributed by atoms with Crippen molar-refractivity contribution in [3.63, 3.8) is 0 Å². The number of rotatable bonds is 0. The maximum atomic E-state index is 11.0. The molecule has 1 aromatic carbocycles. The highest BCUT2D eigenvalue weighted by molar-refractivity contribution is 5.83. The minimum Gasteiger partial charge on any atom is -0.288 e. The maximum Gasteiger partial charge on any atom is 0.204 e. The van der Waals surface area contributed by atoms with Gasteiger partial charge in [-0.3, -0.25) is 10.2 Å². The second kappa shape index (κ2) is 1.73. The molecule has 0 aliphatic rings. The summed E-state index contributed by atoms with van der Waals surface area (Å²) in [4.78, 5) is 0. The Morgan fingerprint density at radius 2 is 2.30 bits per heavy atom. The number of para-hydroxylation sites is 1. The fraction of sp³-hybridized carbons (Fsp3) is 0. The third kappa shape index (κ3) is 0.572. The zero-order chi connectivity index (χ0) is 6.97. The van der Waals surface area contributed by atoms with Gasteiger partial charge in [-0.05, 0) is 6.07 Å². The molecular weight excluding hydrogens is 128 g/mol. The molecule has 0 saturated carbocycles. The van der Waals surface area contributed by atoms with Gasteiger partial charge in [0.05, 0.1) is 6.20 Å². The quantitative estimate of drug-likeness (QED) is 0.584. The van der Waals surface area contributed by atoms with Crippen LogP contribution in [0.1, 0.15) is 0 Å². The lowest BCUT2D eigenvalue weighted by atomic mass is 10.2. The van der Waals surface area contributed by atoms with E-state index in [-0.39, 0.29) is 5.75 Å². The van der Waals surface area contributed by atoms with Crippen LogP contribution in [0.25, 0.3) is 10.9 Å². The summed E-state index contributed by atoms with van der Waals surface area (Å²) >= 11 is 0. The molecule has 2 rings (SSSR count). The molecule has 1 aromatic heterocycles. The van der Waals surface area contributed by atoms with E-state index < -0.39 is 0 Å². The predicted molar refractivity (Wildman–Crippen MR) is 36.2 cm³/mol. The van der Waals surface area contributed by atoms with Crippen molar-refractivity contribution in [3.05, 3.63) is 24.4 Å². The monoisotopic (exact) mass is 133 g/mol. The van der Waals surface area contributed by atoms with Gasteiger partial charge in [-0.15, -0.1) is 0 Å². The van der Waals surface area contributed by atoms with E-state index in [4.69, 9.17) is 0 Å². The van der Waals surface area contributed by atoms with Gasteiger partial charge in [0.2, 0.25) is 5.75 Å². The van der Waals surface area contributed by atoms with Crippen molar-refractivity contribution in [3.8, 4) is 5.75 Å². The van der Waals surface area contributed by atoms with Crippen LogP contribution in [-0.4, -0.2) is 10.2 Å². The van der Waals surface area contributed by atoms with E-state index in [0.717, 1.165) is 5.39 Å². The highest BCUT2D eigenvalue weighted by Gasteiger charge is 1.99. The van der Waals surface area contributed by atoms with Crippen LogP contribution in [-0.2, 0) is 5.11 Å². The first kappa shape index (κ1) is 5.29. The van der Waals surface area contributed by atoms with Gasteiger partial charge in [-0.1, -0.05) is 12.1 Å². The highest BCUT2D eigenvalue weighted by Crippen LogP contribution is 2.20. The van der Waals surface area contributed by atoms with Crippen molar-refractivity contribution < 1.29 is 5.11 Å². The first-order valence-electron chi connectivity index (χ1n) is 2.97. The Morgan fingerprint density at radius 1 is 1.40 bits per heavy atom. The Bertz CT molecular complexity index is 353. The topological polar surface area (TPSA) is 48.6 Å². The van der Waals surface area contributed by atoms with Gasteiger partial charge in [-0.25, -0.2) is 0 Å². The van der Waals surface area contributed by atoms with E-state index in [1.54, 1.807) is 12.3 Å². The zero-order valence-electron chi connectivity index (χ0n) is 5.16. The van der Waals surface area contributed by atoms with E-state index in [9.17, 15) is 5.11 Å². The molecule has 0 atom stereocenters. The maximum absolute atomic E-state index is 11.0. The summed E-state index contributed by atoms with van der Waals surface area (Å²) in [5.41, 5.74) is 0.586. The molecule has 0 aliphatic heterocycles. The SMILES string of the molecule is [O]c1cccc2cn[nH]c12. The molecule has 3 nitrogen and oxygen atoms in total. The molecule has 3 heteroatoms. The van der Waals surface area contributed by atoms with Crippen LogP contribution in [0.2, 0.25) is 0 Å². The molecule has 0 unspecified atom stereocenters. The van der Waals surface area contributed by atoms with Gasteiger partial charge < -0.3 is 0 Å². The second-order valence-corrected chi connectivity index (χ2v) is 2.09. The van der Waals surface area contributed by atoms with Crippen molar-refractivity contribution in [2.45, 2.75) is 0 Å². The molecular formula is C7H5N2O. The first-order chi connectivity index (χ1) is 4.88. The Labute approximate surface area is 57.3 Å². The van der Waals surface area contributed by atoms with Crippen molar-refractivity contribution in [2.24, 2.45) is 0 Å². The normalized spacial score (nSPS) is 10.4. The largest absolute Gasteiger partial charge is 0.288 e. The van der Waals surface area contributed by atoms with E-state index in [0.29, 0.717) is 5.52 Å². The van der Waals surface area contributed by atoms with Gasteiger partial charge >= 0.3 is 0 Å². The van der Waals surface area contributed by atoms with E-state index in [1.807, 2.05) is 6.07 Å². The summed E-state index contributed by atoms with van der Waals surface area (Å²) in [6, 6.07) is 5.08. The molecule has 0 fully saturated rings. The predicted octanol–water partition coefficient (Wildman–Crippen LogP) is 1.71. The number of nitrogens with zero attached hydrogens (tertiary/aromatic N) is 1. The second-order valence-electron chi connectivity index (χ2n) is 2.09. The van der Waals surface area contributed by atoms with Crippen LogP contribution in [0.15, 0.2) is 24.4 Å². The number of nitrogens with one attached hydrogen (secondary N) is 1. The van der Waals surface area contributed by atoms with Crippen LogP contribution in [0.4, 0.5) is 0 Å². The molecule has 0 saturated heterocycles. The zero-order valence-corrected chi connectivity index (χ0v) is 5.16. The number of hydrogen-bond acceptors (Lipinski definition) is 1. The van der Waals surface area contributed by atoms with Crippen molar-refractivity contribution in [1.82, 2.24) is 10.2 Å². The average molecular weight is 133 g/mol. The lowest BCUT2D eigenvalue weighted by Crippen LogP contribution is -1.67. The van der Waals surface area contributed by atoms with Crippen molar-refractivity contribution in [1.29, 1.82) is 0 Å². The van der Waals surface area contributed by atoms with Gasteiger partial charge in [-0.2, -0.15) is 5.10 Å². The van der Waals surface area contributed by atoms with Gasteiger partial charge in [0, 0.05) is 5.39 Å². The number of fused-ring (bicyclic) bond motifs is 1. The Hall–Kier alpha value is -1.51. The number of benzene rings is 1. The molecule has 1 heterocycles. The highest BCUT2D eigenvalue weighted by atomic mass is 16.3. The molecule has 0 amide bonds. The fourth-order valence-corrected chi connectivity index (χ4v) is 0.942. The third-order valence-corrected chi connectivity index (χ3v) is 1.44. The lowest BCUT2D eigenvalue weighted by molar-refractivity contribution is 0.359. The molecule has 49 valence electrons. The van der Waals surface area contributed by atoms with E-state index >= 15 is 0 Å². The van der Waals surface area contributed by atoms with Crippen LogP contribution in [0.5, 0.6) is 5.75 Å². The van der Waals surface area contributed by atoms with Gasteiger partial charge in [0.15, 0.2) is 0 Å². The Morgan fingerprint density at radius 3 is 3.10 bits per heavy atom.